The first-order valence-electron chi connectivity index (χ1n) is 5.33. The molecule has 0 saturated heterocycles. The topological polar surface area (TPSA) is 20.2 Å². The van der Waals surface area contributed by atoms with E-state index in [0.717, 1.165) is 18.3 Å². The van der Waals surface area contributed by atoms with Crippen LogP contribution in [0.3, 0.4) is 0 Å². The van der Waals surface area contributed by atoms with E-state index in [1.807, 2.05) is 0 Å². The van der Waals surface area contributed by atoms with E-state index >= 15 is 0 Å². The van der Waals surface area contributed by atoms with E-state index in [0.29, 0.717) is 5.92 Å². The van der Waals surface area contributed by atoms with Crippen LogP contribution in [-0.2, 0) is 0 Å². The van der Waals surface area contributed by atoms with Gasteiger partial charge < -0.3 is 5.11 Å². The molecule has 0 bridgehead atoms. The fourth-order valence-corrected chi connectivity index (χ4v) is 2.27. The fourth-order valence-electron chi connectivity index (χ4n) is 2.27. The van der Waals surface area contributed by atoms with E-state index in [1.54, 1.807) is 0 Å². The molecule has 1 N–H and O–H groups in total. The van der Waals surface area contributed by atoms with Crippen molar-refractivity contribution in [3.8, 4) is 0 Å². The Kier molecular flexibility index (Phi) is 3.57. The zero-order valence-electron chi connectivity index (χ0n) is 8.59. The number of rotatable bonds is 2. The monoisotopic (exact) mass is 170 g/mol. The minimum Gasteiger partial charge on any atom is -0.393 e. The summed E-state index contributed by atoms with van der Waals surface area (Å²) in [5, 5.41) is 9.55. The van der Waals surface area contributed by atoms with Crippen LogP contribution in [0.2, 0.25) is 0 Å². The van der Waals surface area contributed by atoms with Crippen molar-refractivity contribution in [2.45, 2.75) is 52.6 Å². The van der Waals surface area contributed by atoms with Crippen molar-refractivity contribution < 1.29 is 5.11 Å². The van der Waals surface area contributed by atoms with Gasteiger partial charge in [-0.25, -0.2) is 0 Å². The molecular formula is C11H22O. The molecule has 12 heavy (non-hydrogen) atoms. The average Bonchev–Trinajstić information content (AvgIpc) is 2.08. The maximum Gasteiger partial charge on any atom is 0.0566 e. The number of hydrogen-bond donors (Lipinski definition) is 1. The molecule has 0 aromatic carbocycles. The summed E-state index contributed by atoms with van der Waals surface area (Å²) in [6.07, 6.45) is 4.76. The molecule has 0 heterocycles. The highest BCUT2D eigenvalue weighted by Gasteiger charge is 2.28. The first-order valence-corrected chi connectivity index (χ1v) is 5.33. The summed E-state index contributed by atoms with van der Waals surface area (Å²) in [5.41, 5.74) is 0. The van der Waals surface area contributed by atoms with Crippen LogP contribution in [0.5, 0.6) is 0 Å². The zero-order chi connectivity index (χ0) is 9.14. The van der Waals surface area contributed by atoms with Crippen molar-refractivity contribution in [3.63, 3.8) is 0 Å². The van der Waals surface area contributed by atoms with E-state index in [4.69, 9.17) is 0 Å². The molecule has 0 spiro atoms. The van der Waals surface area contributed by atoms with Crippen LogP contribution in [-0.4, -0.2) is 11.2 Å². The third-order valence-electron chi connectivity index (χ3n) is 3.61. The highest BCUT2D eigenvalue weighted by atomic mass is 16.3. The standard InChI is InChI=1S/C11H22O/c1-4-8(2)10-5-6-11(12)9(3)7-10/h8-12H,4-7H2,1-3H3. The minimum absolute atomic E-state index is 0.0229. The summed E-state index contributed by atoms with van der Waals surface area (Å²) >= 11 is 0. The number of aliphatic hydroxyl groups is 1. The predicted octanol–water partition coefficient (Wildman–Crippen LogP) is 2.83. The quantitative estimate of drug-likeness (QED) is 0.675. The molecule has 0 amide bonds. The molecule has 0 aromatic rings. The van der Waals surface area contributed by atoms with Gasteiger partial charge in [-0.2, -0.15) is 0 Å². The smallest absolute Gasteiger partial charge is 0.0566 e. The lowest BCUT2D eigenvalue weighted by Gasteiger charge is -2.34. The maximum atomic E-state index is 9.55. The summed E-state index contributed by atoms with van der Waals surface area (Å²) in [6.45, 7) is 6.79. The van der Waals surface area contributed by atoms with E-state index in [2.05, 4.69) is 20.8 Å². The lowest BCUT2D eigenvalue weighted by atomic mass is 9.74. The Bertz CT molecular complexity index is 133. The Morgan fingerprint density at radius 3 is 2.58 bits per heavy atom. The SMILES string of the molecule is CCC(C)C1CCC(O)C(C)C1. The Balaban J connectivity index is 2.39. The van der Waals surface area contributed by atoms with Gasteiger partial charge in [-0.15, -0.1) is 0 Å². The number of aliphatic hydroxyl groups excluding tert-OH is 1. The summed E-state index contributed by atoms with van der Waals surface area (Å²) < 4.78 is 0. The van der Waals surface area contributed by atoms with Crippen LogP contribution in [0.1, 0.15) is 46.5 Å². The molecule has 1 rings (SSSR count). The molecule has 1 fully saturated rings. The van der Waals surface area contributed by atoms with Gasteiger partial charge in [-0.05, 0) is 37.0 Å². The summed E-state index contributed by atoms with van der Waals surface area (Å²) in [5.74, 6) is 2.24. The third-order valence-corrected chi connectivity index (χ3v) is 3.61. The fraction of sp³-hybridized carbons (Fsp3) is 1.00. The van der Waals surface area contributed by atoms with Crippen molar-refractivity contribution in [1.29, 1.82) is 0 Å². The van der Waals surface area contributed by atoms with Crippen molar-refractivity contribution >= 4 is 0 Å². The van der Waals surface area contributed by atoms with Gasteiger partial charge in [0.15, 0.2) is 0 Å². The molecular weight excluding hydrogens is 148 g/mol. The molecule has 4 atom stereocenters. The largest absolute Gasteiger partial charge is 0.393 e. The average molecular weight is 170 g/mol. The normalized spacial score (nSPS) is 39.5. The first-order chi connectivity index (χ1) is 5.65. The first kappa shape index (κ1) is 10.0. The van der Waals surface area contributed by atoms with Gasteiger partial charge in [0.2, 0.25) is 0 Å². The Morgan fingerprint density at radius 2 is 2.08 bits per heavy atom. The van der Waals surface area contributed by atoms with Gasteiger partial charge in [0, 0.05) is 0 Å². The van der Waals surface area contributed by atoms with Crippen LogP contribution in [0.25, 0.3) is 0 Å². The zero-order valence-corrected chi connectivity index (χ0v) is 8.59. The molecule has 72 valence electrons. The van der Waals surface area contributed by atoms with Gasteiger partial charge in [-0.3, -0.25) is 0 Å². The summed E-state index contributed by atoms with van der Waals surface area (Å²) in [7, 11) is 0. The van der Waals surface area contributed by atoms with Gasteiger partial charge in [0.1, 0.15) is 0 Å². The van der Waals surface area contributed by atoms with Gasteiger partial charge in [0.25, 0.3) is 0 Å². The van der Waals surface area contributed by atoms with Gasteiger partial charge in [0.05, 0.1) is 6.10 Å². The van der Waals surface area contributed by atoms with E-state index < -0.39 is 0 Å². The molecule has 0 aromatic heterocycles. The second kappa shape index (κ2) is 4.27. The van der Waals surface area contributed by atoms with Crippen LogP contribution in [0, 0.1) is 17.8 Å². The van der Waals surface area contributed by atoms with Crippen LogP contribution >= 0.6 is 0 Å². The van der Waals surface area contributed by atoms with Crippen LogP contribution in [0.4, 0.5) is 0 Å². The Labute approximate surface area is 76.2 Å². The van der Waals surface area contributed by atoms with Crippen LogP contribution in [0.15, 0.2) is 0 Å². The van der Waals surface area contributed by atoms with Crippen molar-refractivity contribution in [1.82, 2.24) is 0 Å². The minimum atomic E-state index is -0.0229. The lowest BCUT2D eigenvalue weighted by molar-refractivity contribution is 0.0439. The van der Waals surface area contributed by atoms with E-state index in [9.17, 15) is 5.11 Å². The van der Waals surface area contributed by atoms with Gasteiger partial charge >= 0.3 is 0 Å². The second-order valence-electron chi connectivity index (χ2n) is 4.50. The molecule has 1 heteroatoms. The second-order valence-corrected chi connectivity index (χ2v) is 4.50. The summed E-state index contributed by atoms with van der Waals surface area (Å²) in [4.78, 5) is 0. The maximum absolute atomic E-state index is 9.55. The molecule has 1 nitrogen and oxygen atoms in total. The Morgan fingerprint density at radius 1 is 1.42 bits per heavy atom. The van der Waals surface area contributed by atoms with Crippen molar-refractivity contribution in [2.75, 3.05) is 0 Å². The summed E-state index contributed by atoms with van der Waals surface area (Å²) in [6, 6.07) is 0. The molecule has 4 unspecified atom stereocenters. The van der Waals surface area contributed by atoms with E-state index in [-0.39, 0.29) is 6.10 Å². The molecule has 0 aliphatic heterocycles. The molecule has 1 saturated carbocycles. The highest BCUT2D eigenvalue weighted by Crippen LogP contribution is 2.34. The lowest BCUT2D eigenvalue weighted by Crippen LogP contribution is -2.29. The molecule has 1 aliphatic rings. The third kappa shape index (κ3) is 2.22. The van der Waals surface area contributed by atoms with Crippen molar-refractivity contribution in [3.05, 3.63) is 0 Å². The highest BCUT2D eigenvalue weighted by molar-refractivity contribution is 4.79. The Hall–Kier alpha value is -0.0400. The van der Waals surface area contributed by atoms with E-state index in [1.165, 1.54) is 19.3 Å². The van der Waals surface area contributed by atoms with Gasteiger partial charge in [-0.1, -0.05) is 27.2 Å². The number of hydrogen-bond acceptors (Lipinski definition) is 1. The van der Waals surface area contributed by atoms with Crippen molar-refractivity contribution in [2.24, 2.45) is 17.8 Å². The van der Waals surface area contributed by atoms with Crippen LogP contribution < -0.4 is 0 Å². The molecule has 1 aliphatic carbocycles. The predicted molar refractivity (Wildman–Crippen MR) is 52.0 cm³/mol. The molecule has 0 radical (unpaired) electrons.